The van der Waals surface area contributed by atoms with Gasteiger partial charge in [-0.1, -0.05) is 49.0 Å². The molecule has 1 atom stereocenters. The van der Waals surface area contributed by atoms with Crippen molar-refractivity contribution in [2.24, 2.45) is 0 Å². The van der Waals surface area contributed by atoms with Crippen LogP contribution in [0.5, 0.6) is 0 Å². The fourth-order valence-electron chi connectivity index (χ4n) is 1.56. The van der Waals surface area contributed by atoms with Gasteiger partial charge >= 0.3 is 11.8 Å². The third kappa shape index (κ3) is 4.43. The fourth-order valence-corrected chi connectivity index (χ4v) is 2.37. The van der Waals surface area contributed by atoms with Gasteiger partial charge in [-0.05, 0) is 6.42 Å². The van der Waals surface area contributed by atoms with Crippen LogP contribution < -0.4 is 0 Å². The summed E-state index contributed by atoms with van der Waals surface area (Å²) in [4.78, 5) is 11.6. The van der Waals surface area contributed by atoms with E-state index in [1.807, 2.05) is 0 Å². The van der Waals surface area contributed by atoms with Crippen molar-refractivity contribution in [2.75, 3.05) is 5.75 Å². The second-order valence-electron chi connectivity index (χ2n) is 4.44. The molecular weight excluding hydrogens is 311 g/mol. The molecule has 1 nitrogen and oxygen atoms in total. The first-order valence-corrected chi connectivity index (χ1v) is 7.32. The minimum atomic E-state index is -4.72. The van der Waals surface area contributed by atoms with Gasteiger partial charge in [0.2, 0.25) is 5.12 Å². The number of benzene rings is 1. The van der Waals surface area contributed by atoms with Crippen LogP contribution in [-0.2, 0) is 0 Å². The van der Waals surface area contributed by atoms with E-state index in [0.29, 0.717) is 17.3 Å². The molecule has 0 heterocycles. The summed E-state index contributed by atoms with van der Waals surface area (Å²) in [7, 11) is 0. The first-order valence-electron chi connectivity index (χ1n) is 6.34. The van der Waals surface area contributed by atoms with Crippen molar-refractivity contribution >= 4 is 16.9 Å². The molecular formula is C14H15F5OS. The molecule has 0 fully saturated rings. The fraction of sp³-hybridized carbons (Fsp3) is 0.500. The number of hydrogen-bond acceptors (Lipinski definition) is 2. The number of carbonyl (C=O) groups excluding carboxylic acids is 1. The number of carbonyl (C=O) groups is 1. The summed E-state index contributed by atoms with van der Waals surface area (Å²) in [6, 6.07) is 8.01. The lowest BCUT2D eigenvalue weighted by Gasteiger charge is -2.28. The molecule has 0 bridgehead atoms. The highest BCUT2D eigenvalue weighted by Crippen LogP contribution is 2.41. The molecule has 0 aliphatic heterocycles. The number of halogens is 5. The Kier molecular flexibility index (Phi) is 6.19. The van der Waals surface area contributed by atoms with Gasteiger partial charge in [0, 0.05) is 17.7 Å². The van der Waals surface area contributed by atoms with Gasteiger partial charge < -0.3 is 0 Å². The van der Waals surface area contributed by atoms with Crippen LogP contribution in [0, 0.1) is 0 Å². The molecule has 1 aromatic carbocycles. The summed E-state index contributed by atoms with van der Waals surface area (Å²) in [5.41, 5.74) is 0.351. The second kappa shape index (κ2) is 7.24. The van der Waals surface area contributed by atoms with E-state index in [-0.39, 0.29) is 5.75 Å². The predicted octanol–water partition coefficient (Wildman–Crippen LogP) is 4.97. The number of hydrogen-bond donors (Lipinski definition) is 0. The Morgan fingerprint density at radius 2 is 1.76 bits per heavy atom. The Hall–Kier alpha value is -1.11. The summed E-state index contributed by atoms with van der Waals surface area (Å²) in [5.74, 6) is -9.40. The van der Waals surface area contributed by atoms with E-state index in [2.05, 4.69) is 0 Å². The van der Waals surface area contributed by atoms with Crippen LogP contribution in [0.1, 0.15) is 30.1 Å². The van der Waals surface area contributed by atoms with E-state index >= 15 is 0 Å². The van der Waals surface area contributed by atoms with Crippen LogP contribution in [0.15, 0.2) is 30.3 Å². The lowest BCUT2D eigenvalue weighted by atomic mass is 10.0. The molecule has 0 N–H and O–H groups in total. The van der Waals surface area contributed by atoms with Crippen LogP contribution in [0.3, 0.4) is 0 Å². The second-order valence-corrected chi connectivity index (χ2v) is 5.51. The first kappa shape index (κ1) is 17.9. The molecule has 1 unspecified atom stereocenters. The third-order valence-electron chi connectivity index (χ3n) is 2.94. The lowest BCUT2D eigenvalue weighted by molar-refractivity contribution is -0.239. The van der Waals surface area contributed by atoms with Crippen molar-refractivity contribution in [3.8, 4) is 0 Å². The van der Waals surface area contributed by atoms with Crippen LogP contribution >= 0.6 is 11.8 Å². The molecule has 0 saturated heterocycles. The smallest absolute Gasteiger partial charge is 0.282 e. The Morgan fingerprint density at radius 1 is 1.19 bits per heavy atom. The van der Waals surface area contributed by atoms with Crippen LogP contribution in [0.4, 0.5) is 22.0 Å². The molecule has 0 aliphatic rings. The van der Waals surface area contributed by atoms with E-state index in [1.54, 1.807) is 18.2 Å². The number of thioether (sulfide) groups is 1. The van der Waals surface area contributed by atoms with Crippen molar-refractivity contribution in [3.63, 3.8) is 0 Å². The zero-order valence-corrected chi connectivity index (χ0v) is 12.1. The first-order chi connectivity index (χ1) is 9.72. The summed E-state index contributed by atoms with van der Waals surface area (Å²) in [5, 5.41) is -0.409. The van der Waals surface area contributed by atoms with Crippen molar-refractivity contribution in [2.45, 2.75) is 37.8 Å². The van der Waals surface area contributed by atoms with E-state index in [4.69, 9.17) is 0 Å². The monoisotopic (exact) mass is 326 g/mol. The van der Waals surface area contributed by atoms with Gasteiger partial charge in [0.1, 0.15) is 0 Å². The van der Waals surface area contributed by atoms with E-state index in [1.165, 1.54) is 12.1 Å². The molecule has 0 spiro atoms. The largest absolute Gasteiger partial charge is 0.340 e. The molecule has 1 rings (SSSR count). The maximum absolute atomic E-state index is 13.4. The highest BCUT2D eigenvalue weighted by Gasteiger charge is 2.60. The number of rotatable bonds is 7. The van der Waals surface area contributed by atoms with Crippen LogP contribution in [0.2, 0.25) is 0 Å². The Balaban J connectivity index is 2.51. The molecule has 0 amide bonds. The van der Waals surface area contributed by atoms with Crippen molar-refractivity contribution in [1.29, 1.82) is 0 Å². The molecule has 0 aliphatic carbocycles. The highest BCUT2D eigenvalue weighted by molar-refractivity contribution is 8.14. The van der Waals surface area contributed by atoms with Crippen molar-refractivity contribution < 1.29 is 26.7 Å². The van der Waals surface area contributed by atoms with Gasteiger partial charge in [0.05, 0.1) is 0 Å². The molecule has 118 valence electrons. The molecule has 0 aromatic heterocycles. The van der Waals surface area contributed by atoms with Gasteiger partial charge in [-0.15, -0.1) is 0 Å². The number of alkyl halides is 5. The van der Waals surface area contributed by atoms with Gasteiger partial charge in [-0.25, -0.2) is 4.39 Å². The van der Waals surface area contributed by atoms with Gasteiger partial charge in [0.15, 0.2) is 6.17 Å². The SMILES string of the molecule is CCC(F)(F)C(F)(F)C(F)CCSC(=O)c1ccccc1. The minimum Gasteiger partial charge on any atom is -0.282 e. The van der Waals surface area contributed by atoms with E-state index in [9.17, 15) is 26.7 Å². The molecule has 0 radical (unpaired) electrons. The maximum Gasteiger partial charge on any atom is 0.340 e. The third-order valence-corrected chi connectivity index (χ3v) is 3.88. The maximum atomic E-state index is 13.4. The summed E-state index contributed by atoms with van der Waals surface area (Å²) in [6.07, 6.45) is -4.94. The van der Waals surface area contributed by atoms with E-state index < -0.39 is 36.0 Å². The highest BCUT2D eigenvalue weighted by atomic mass is 32.2. The quantitative estimate of drug-likeness (QED) is 0.658. The van der Waals surface area contributed by atoms with Gasteiger partial charge in [-0.3, -0.25) is 4.79 Å². The Morgan fingerprint density at radius 3 is 2.29 bits per heavy atom. The molecule has 1 aromatic rings. The molecule has 7 heteroatoms. The van der Waals surface area contributed by atoms with Crippen molar-refractivity contribution in [1.82, 2.24) is 0 Å². The Labute approximate surface area is 123 Å². The predicted molar refractivity (Wildman–Crippen MR) is 72.9 cm³/mol. The van der Waals surface area contributed by atoms with Gasteiger partial charge in [0.25, 0.3) is 0 Å². The van der Waals surface area contributed by atoms with Crippen LogP contribution in [0.25, 0.3) is 0 Å². The summed E-state index contributed by atoms with van der Waals surface area (Å²) < 4.78 is 65.7. The lowest BCUT2D eigenvalue weighted by Crippen LogP contribution is -2.47. The Bertz CT molecular complexity index is 464. The molecule has 21 heavy (non-hydrogen) atoms. The van der Waals surface area contributed by atoms with E-state index in [0.717, 1.165) is 6.92 Å². The zero-order valence-electron chi connectivity index (χ0n) is 11.3. The van der Waals surface area contributed by atoms with Gasteiger partial charge in [-0.2, -0.15) is 17.6 Å². The minimum absolute atomic E-state index is 0.287. The normalized spacial score (nSPS) is 14.0. The topological polar surface area (TPSA) is 17.1 Å². The van der Waals surface area contributed by atoms with Crippen LogP contribution in [-0.4, -0.2) is 28.9 Å². The zero-order chi connectivity index (χ0) is 16.1. The van der Waals surface area contributed by atoms with Crippen molar-refractivity contribution in [3.05, 3.63) is 35.9 Å². The average Bonchev–Trinajstić information content (AvgIpc) is 2.47. The summed E-state index contributed by atoms with van der Waals surface area (Å²) in [6.45, 7) is 0.869. The summed E-state index contributed by atoms with van der Waals surface area (Å²) >= 11 is 0.635. The molecule has 0 saturated carbocycles. The average molecular weight is 326 g/mol. The standard InChI is InChI=1S/C14H15F5OS/c1-2-13(16,17)14(18,19)11(15)8-9-21-12(20)10-6-4-3-5-7-10/h3-7,11H,2,8-9H2,1H3.